The van der Waals surface area contributed by atoms with Crippen molar-refractivity contribution in [3.8, 4) is 5.75 Å². The van der Waals surface area contributed by atoms with E-state index in [1.54, 1.807) is 41.5 Å². The van der Waals surface area contributed by atoms with Crippen LogP contribution in [0.25, 0.3) is 6.08 Å². The second-order valence-corrected chi connectivity index (χ2v) is 9.09. The molecule has 8 nitrogen and oxygen atoms in total. The topological polar surface area (TPSA) is 89.3 Å². The number of thiazole rings is 1. The fraction of sp³-hybridized carbons (Fsp3) is 0.333. The fourth-order valence-corrected chi connectivity index (χ4v) is 4.23. The number of likely N-dealkylation sites (tertiary alicyclic amines) is 1. The summed E-state index contributed by atoms with van der Waals surface area (Å²) < 4.78 is 7.36. The highest BCUT2D eigenvalue weighted by molar-refractivity contribution is 7.09. The molecule has 1 aliphatic heterocycles. The van der Waals surface area contributed by atoms with E-state index in [1.165, 1.54) is 0 Å². The lowest BCUT2D eigenvalue weighted by Crippen LogP contribution is -2.46. The van der Waals surface area contributed by atoms with Crippen LogP contribution in [0.2, 0.25) is 0 Å². The molecule has 1 aliphatic rings. The molecule has 0 aliphatic carbocycles. The van der Waals surface area contributed by atoms with Gasteiger partial charge in [0.15, 0.2) is 0 Å². The normalized spacial score (nSPS) is 14.5. The van der Waals surface area contributed by atoms with Gasteiger partial charge in [-0.25, -0.2) is 4.98 Å². The molecule has 3 aromatic rings. The number of benzene rings is 1. The molecule has 4 rings (SSSR count). The summed E-state index contributed by atoms with van der Waals surface area (Å²) >= 11 is 1.61. The van der Waals surface area contributed by atoms with Crippen LogP contribution in [0, 0.1) is 6.92 Å². The van der Waals surface area contributed by atoms with Crippen LogP contribution in [-0.2, 0) is 18.4 Å². The number of carbonyl (C=O) groups is 2. The number of carbonyl (C=O) groups excluding carboxylic acids is 2. The van der Waals surface area contributed by atoms with Gasteiger partial charge in [-0.3, -0.25) is 14.3 Å². The predicted molar refractivity (Wildman–Crippen MR) is 127 cm³/mol. The molecule has 0 spiro atoms. The quantitative estimate of drug-likeness (QED) is 0.542. The van der Waals surface area contributed by atoms with Gasteiger partial charge in [-0.05, 0) is 43.5 Å². The van der Waals surface area contributed by atoms with Crippen molar-refractivity contribution in [3.05, 3.63) is 69.9 Å². The van der Waals surface area contributed by atoms with E-state index in [1.807, 2.05) is 47.5 Å². The molecule has 2 amide bonds. The van der Waals surface area contributed by atoms with Gasteiger partial charge in [0.1, 0.15) is 12.4 Å². The van der Waals surface area contributed by atoms with Gasteiger partial charge in [0, 0.05) is 43.8 Å². The predicted octanol–water partition coefficient (Wildman–Crippen LogP) is 3.20. The first-order valence-corrected chi connectivity index (χ1v) is 11.7. The molecule has 0 atom stereocenters. The van der Waals surface area contributed by atoms with Crippen LogP contribution < -0.4 is 10.1 Å². The second kappa shape index (κ2) is 10.4. The summed E-state index contributed by atoms with van der Waals surface area (Å²) in [5, 5.41) is 10.1. The molecule has 3 heterocycles. The zero-order chi connectivity index (χ0) is 23.2. The third-order valence-electron chi connectivity index (χ3n) is 5.46. The first-order valence-electron chi connectivity index (χ1n) is 10.9. The van der Waals surface area contributed by atoms with E-state index in [-0.39, 0.29) is 17.9 Å². The van der Waals surface area contributed by atoms with Crippen molar-refractivity contribution in [1.29, 1.82) is 0 Å². The van der Waals surface area contributed by atoms with Crippen LogP contribution in [-0.4, -0.2) is 50.6 Å². The largest absolute Gasteiger partial charge is 0.487 e. The molecule has 1 N–H and O–H groups in total. The number of hydrogen-bond acceptors (Lipinski definition) is 6. The summed E-state index contributed by atoms with van der Waals surface area (Å²) in [6, 6.07) is 7.68. The molecule has 2 aromatic heterocycles. The molecule has 172 valence electrons. The summed E-state index contributed by atoms with van der Waals surface area (Å²) in [7, 11) is 1.78. The van der Waals surface area contributed by atoms with Crippen molar-refractivity contribution in [1.82, 2.24) is 25.0 Å². The molecule has 0 unspecified atom stereocenters. The highest BCUT2D eigenvalue weighted by atomic mass is 32.1. The summed E-state index contributed by atoms with van der Waals surface area (Å²) in [4.78, 5) is 31.0. The number of aromatic nitrogens is 3. The molecular formula is C24H27N5O3S. The van der Waals surface area contributed by atoms with Crippen LogP contribution >= 0.6 is 11.3 Å². The Morgan fingerprint density at radius 1 is 1.24 bits per heavy atom. The van der Waals surface area contributed by atoms with E-state index >= 15 is 0 Å². The van der Waals surface area contributed by atoms with Gasteiger partial charge < -0.3 is 15.0 Å². The Hall–Kier alpha value is -3.46. The van der Waals surface area contributed by atoms with Crippen LogP contribution in [0.3, 0.4) is 0 Å². The summed E-state index contributed by atoms with van der Waals surface area (Å²) in [6.45, 7) is 3.64. The minimum absolute atomic E-state index is 0.0220. The highest BCUT2D eigenvalue weighted by Gasteiger charge is 2.23. The lowest BCUT2D eigenvalue weighted by molar-refractivity contribution is -0.126. The average molecular weight is 466 g/mol. The second-order valence-electron chi connectivity index (χ2n) is 8.02. The Kier molecular flexibility index (Phi) is 7.19. The standard InChI is InChI=1S/C24H27N5O3S/c1-17-26-21(16-33-17)15-32-22-6-3-18(4-7-22)5-8-23(30)29-11-9-20(10-12-29)27-24(31)19-13-25-28(2)14-19/h3-8,13-14,16,20H,9-12,15H2,1-2H3,(H,27,31)/b8-5+. The number of nitrogens with one attached hydrogen (secondary N) is 1. The van der Waals surface area contributed by atoms with Crippen LogP contribution in [0.4, 0.5) is 0 Å². The first-order chi connectivity index (χ1) is 16.0. The zero-order valence-corrected chi connectivity index (χ0v) is 19.5. The minimum Gasteiger partial charge on any atom is -0.487 e. The summed E-state index contributed by atoms with van der Waals surface area (Å²) in [5.41, 5.74) is 2.40. The number of ether oxygens (including phenoxy) is 1. The molecular weight excluding hydrogens is 438 g/mol. The molecule has 33 heavy (non-hydrogen) atoms. The van der Waals surface area contributed by atoms with Crippen molar-refractivity contribution < 1.29 is 14.3 Å². The zero-order valence-electron chi connectivity index (χ0n) is 18.7. The van der Waals surface area contributed by atoms with Crippen LogP contribution in [0.1, 0.15) is 39.5 Å². The third kappa shape index (κ3) is 6.29. The first kappa shape index (κ1) is 22.7. The molecule has 0 bridgehead atoms. The third-order valence-corrected chi connectivity index (χ3v) is 6.28. The van der Waals surface area contributed by atoms with Gasteiger partial charge in [-0.1, -0.05) is 12.1 Å². The maximum Gasteiger partial charge on any atom is 0.254 e. The number of aryl methyl sites for hydroxylation is 2. The van der Waals surface area contributed by atoms with Crippen molar-refractivity contribution in [2.75, 3.05) is 13.1 Å². The number of amides is 2. The van der Waals surface area contributed by atoms with Gasteiger partial charge in [-0.15, -0.1) is 11.3 Å². The number of hydrogen-bond donors (Lipinski definition) is 1. The fourth-order valence-electron chi connectivity index (χ4n) is 3.63. The SMILES string of the molecule is Cc1nc(COc2ccc(/C=C/C(=O)N3CCC(NC(=O)c4cnn(C)c4)CC3)cc2)cs1. The molecule has 1 saturated heterocycles. The van der Waals surface area contributed by atoms with Gasteiger partial charge in [0.2, 0.25) is 5.91 Å². The van der Waals surface area contributed by atoms with Gasteiger partial charge >= 0.3 is 0 Å². The van der Waals surface area contributed by atoms with E-state index in [9.17, 15) is 9.59 Å². The molecule has 1 aromatic carbocycles. The van der Waals surface area contributed by atoms with Gasteiger partial charge in [0.25, 0.3) is 5.91 Å². The van der Waals surface area contributed by atoms with E-state index in [4.69, 9.17) is 4.74 Å². The summed E-state index contributed by atoms with van der Waals surface area (Å²) in [5.74, 6) is 0.618. The molecule has 9 heteroatoms. The smallest absolute Gasteiger partial charge is 0.254 e. The molecule has 0 radical (unpaired) electrons. The lowest BCUT2D eigenvalue weighted by Gasteiger charge is -2.31. The van der Waals surface area contributed by atoms with Crippen molar-refractivity contribution in [3.63, 3.8) is 0 Å². The van der Waals surface area contributed by atoms with Crippen molar-refractivity contribution in [2.24, 2.45) is 7.05 Å². The Bertz CT molecular complexity index is 1130. The highest BCUT2D eigenvalue weighted by Crippen LogP contribution is 2.17. The van der Waals surface area contributed by atoms with Gasteiger partial charge in [-0.2, -0.15) is 5.10 Å². The Morgan fingerprint density at radius 3 is 2.64 bits per heavy atom. The maximum atomic E-state index is 12.6. The lowest BCUT2D eigenvalue weighted by atomic mass is 10.0. The number of piperidine rings is 1. The van der Waals surface area contributed by atoms with E-state index in [2.05, 4.69) is 15.4 Å². The number of rotatable bonds is 7. The average Bonchev–Trinajstić information content (AvgIpc) is 3.45. The monoisotopic (exact) mass is 465 g/mol. The molecule has 0 saturated carbocycles. The van der Waals surface area contributed by atoms with Crippen LogP contribution in [0.5, 0.6) is 5.75 Å². The van der Waals surface area contributed by atoms with Crippen LogP contribution in [0.15, 0.2) is 48.1 Å². The van der Waals surface area contributed by atoms with Gasteiger partial charge in [0.05, 0.1) is 22.5 Å². The number of nitrogens with zero attached hydrogens (tertiary/aromatic N) is 4. The van der Waals surface area contributed by atoms with E-state index < -0.39 is 0 Å². The Labute approximate surface area is 196 Å². The van der Waals surface area contributed by atoms with E-state index in [0.29, 0.717) is 25.3 Å². The minimum atomic E-state index is -0.123. The summed E-state index contributed by atoms with van der Waals surface area (Å²) in [6.07, 6.45) is 8.12. The Balaban J connectivity index is 1.21. The maximum absolute atomic E-state index is 12.6. The van der Waals surface area contributed by atoms with Crippen molar-refractivity contribution >= 4 is 29.2 Å². The van der Waals surface area contributed by atoms with Crippen molar-refractivity contribution in [2.45, 2.75) is 32.4 Å². The van der Waals surface area contributed by atoms with E-state index in [0.717, 1.165) is 34.9 Å². The Morgan fingerprint density at radius 2 is 2.00 bits per heavy atom. The molecule has 1 fully saturated rings.